The minimum absolute atomic E-state index is 0.0610. The number of aryl methyl sites for hydroxylation is 1. The number of carbonyl (C=O) groups is 1. The van der Waals surface area contributed by atoms with Gasteiger partial charge in [0, 0.05) is 20.7 Å². The Kier molecular flexibility index (Phi) is 4.68. The van der Waals surface area contributed by atoms with Crippen LogP contribution in [0.25, 0.3) is 0 Å². The van der Waals surface area contributed by atoms with E-state index in [2.05, 4.69) is 10.2 Å². The molecule has 0 unspecified atom stereocenters. The summed E-state index contributed by atoms with van der Waals surface area (Å²) in [6, 6.07) is 9.51. The van der Waals surface area contributed by atoms with Crippen molar-refractivity contribution in [3.05, 3.63) is 48.0 Å². The van der Waals surface area contributed by atoms with Crippen LogP contribution >= 0.6 is 0 Å². The molecule has 0 N–H and O–H groups in total. The molecule has 1 amide bonds. The third-order valence-electron chi connectivity index (χ3n) is 3.97. The molecule has 1 saturated heterocycles. The van der Waals surface area contributed by atoms with Crippen LogP contribution < -0.4 is 0 Å². The number of carbonyl (C=O) groups excluding carboxylic acids is 1. The van der Waals surface area contributed by atoms with E-state index < -0.39 is 6.10 Å². The molecule has 1 aliphatic rings. The van der Waals surface area contributed by atoms with Crippen LogP contribution in [-0.2, 0) is 21.3 Å². The minimum atomic E-state index is -0.602. The van der Waals surface area contributed by atoms with Crippen molar-refractivity contribution in [2.75, 3.05) is 26.8 Å². The first-order valence-corrected chi connectivity index (χ1v) is 7.52. The molecule has 0 saturated carbocycles. The SMILES string of the molecule is CO[C@@H](C(=O)N1CCO[C@H](c2nncn2C)C1)c1ccccc1. The molecule has 1 aromatic heterocycles. The van der Waals surface area contributed by atoms with Crippen LogP contribution in [0, 0.1) is 0 Å². The first-order chi connectivity index (χ1) is 11.2. The van der Waals surface area contributed by atoms with E-state index in [0.29, 0.717) is 19.7 Å². The number of nitrogens with zero attached hydrogens (tertiary/aromatic N) is 4. The molecule has 1 aliphatic heterocycles. The lowest BCUT2D eigenvalue weighted by Gasteiger charge is -2.34. The molecule has 0 aliphatic carbocycles. The largest absolute Gasteiger partial charge is 0.367 e. The Morgan fingerprint density at radius 2 is 2.17 bits per heavy atom. The second-order valence-corrected chi connectivity index (χ2v) is 5.47. The molecule has 0 radical (unpaired) electrons. The Morgan fingerprint density at radius 1 is 1.39 bits per heavy atom. The van der Waals surface area contributed by atoms with Gasteiger partial charge in [0.05, 0.1) is 13.2 Å². The maximum absolute atomic E-state index is 12.8. The summed E-state index contributed by atoms with van der Waals surface area (Å²) in [4.78, 5) is 14.6. The summed E-state index contributed by atoms with van der Waals surface area (Å²) >= 11 is 0. The number of hydrogen-bond donors (Lipinski definition) is 0. The molecule has 2 heterocycles. The van der Waals surface area contributed by atoms with Gasteiger partial charge in [-0.25, -0.2) is 0 Å². The molecule has 7 heteroatoms. The minimum Gasteiger partial charge on any atom is -0.367 e. The van der Waals surface area contributed by atoms with Crippen LogP contribution in [0.2, 0.25) is 0 Å². The lowest BCUT2D eigenvalue weighted by atomic mass is 10.1. The van der Waals surface area contributed by atoms with Crippen LogP contribution in [-0.4, -0.2) is 52.4 Å². The number of methoxy groups -OCH3 is 1. The van der Waals surface area contributed by atoms with E-state index in [4.69, 9.17) is 9.47 Å². The van der Waals surface area contributed by atoms with Crippen LogP contribution in [0.15, 0.2) is 36.7 Å². The number of rotatable bonds is 4. The molecule has 2 aromatic rings. The summed E-state index contributed by atoms with van der Waals surface area (Å²) in [5.74, 6) is 0.658. The zero-order valence-corrected chi connectivity index (χ0v) is 13.3. The normalized spacial score (nSPS) is 19.6. The van der Waals surface area contributed by atoms with Crippen LogP contribution in [0.4, 0.5) is 0 Å². The first kappa shape index (κ1) is 15.6. The maximum atomic E-state index is 12.8. The van der Waals surface area contributed by atoms with Crippen LogP contribution in [0.5, 0.6) is 0 Å². The van der Waals surface area contributed by atoms with Gasteiger partial charge in [0.25, 0.3) is 5.91 Å². The lowest BCUT2D eigenvalue weighted by Crippen LogP contribution is -2.45. The van der Waals surface area contributed by atoms with E-state index in [-0.39, 0.29) is 12.0 Å². The summed E-state index contributed by atoms with van der Waals surface area (Å²) in [5.41, 5.74) is 0.849. The molecule has 2 atom stereocenters. The third-order valence-corrected chi connectivity index (χ3v) is 3.97. The van der Waals surface area contributed by atoms with Gasteiger partial charge in [-0.2, -0.15) is 0 Å². The highest BCUT2D eigenvalue weighted by molar-refractivity contribution is 5.82. The average molecular weight is 316 g/mol. The monoisotopic (exact) mass is 316 g/mol. The lowest BCUT2D eigenvalue weighted by molar-refractivity contribution is -0.150. The standard InChI is InChI=1S/C16H20N4O3/c1-19-11-17-18-15(19)13-10-20(8-9-23-13)16(21)14(22-2)12-6-4-3-5-7-12/h3-7,11,13-14H,8-10H2,1-2H3/t13-,14+/m0/s1. The first-order valence-electron chi connectivity index (χ1n) is 7.52. The fourth-order valence-corrected chi connectivity index (χ4v) is 2.76. The fourth-order valence-electron chi connectivity index (χ4n) is 2.76. The number of morpholine rings is 1. The zero-order valence-electron chi connectivity index (χ0n) is 13.3. The molecule has 0 bridgehead atoms. The van der Waals surface area contributed by atoms with Gasteiger partial charge in [0.15, 0.2) is 11.9 Å². The Hall–Kier alpha value is -2.25. The van der Waals surface area contributed by atoms with E-state index in [1.165, 1.54) is 0 Å². The summed E-state index contributed by atoms with van der Waals surface area (Å²) in [5, 5.41) is 7.95. The molecule has 7 nitrogen and oxygen atoms in total. The average Bonchev–Trinajstić information content (AvgIpc) is 3.02. The highest BCUT2D eigenvalue weighted by Gasteiger charge is 2.32. The van der Waals surface area contributed by atoms with Crippen molar-refractivity contribution in [1.29, 1.82) is 0 Å². The Morgan fingerprint density at radius 3 is 2.83 bits per heavy atom. The quantitative estimate of drug-likeness (QED) is 0.845. The molecular weight excluding hydrogens is 296 g/mol. The molecule has 23 heavy (non-hydrogen) atoms. The van der Waals surface area contributed by atoms with Crippen molar-refractivity contribution < 1.29 is 14.3 Å². The van der Waals surface area contributed by atoms with Gasteiger partial charge in [0.1, 0.15) is 12.4 Å². The summed E-state index contributed by atoms with van der Waals surface area (Å²) in [6.07, 6.45) is 0.754. The molecule has 1 aromatic carbocycles. The van der Waals surface area contributed by atoms with E-state index in [9.17, 15) is 4.79 Å². The van der Waals surface area contributed by atoms with Crippen LogP contribution in [0.3, 0.4) is 0 Å². The van der Waals surface area contributed by atoms with Crippen molar-refractivity contribution >= 4 is 5.91 Å². The van der Waals surface area contributed by atoms with E-state index in [1.807, 2.05) is 41.9 Å². The molecule has 1 fully saturated rings. The predicted octanol–water partition coefficient (Wildman–Crippen LogP) is 1.10. The smallest absolute Gasteiger partial charge is 0.256 e. The second kappa shape index (κ2) is 6.89. The molecule has 3 rings (SSSR count). The maximum Gasteiger partial charge on any atom is 0.256 e. The van der Waals surface area contributed by atoms with Gasteiger partial charge in [-0.15, -0.1) is 10.2 Å². The van der Waals surface area contributed by atoms with E-state index in [1.54, 1.807) is 18.3 Å². The zero-order chi connectivity index (χ0) is 16.2. The van der Waals surface area contributed by atoms with Crippen molar-refractivity contribution in [3.63, 3.8) is 0 Å². The Labute approximate surface area is 134 Å². The number of aromatic nitrogens is 3. The predicted molar refractivity (Wildman–Crippen MR) is 82.5 cm³/mol. The van der Waals surface area contributed by atoms with Gasteiger partial charge >= 0.3 is 0 Å². The van der Waals surface area contributed by atoms with Crippen molar-refractivity contribution in [1.82, 2.24) is 19.7 Å². The molecule has 0 spiro atoms. The highest BCUT2D eigenvalue weighted by Crippen LogP contribution is 2.24. The third kappa shape index (κ3) is 3.25. The van der Waals surface area contributed by atoms with Gasteiger partial charge in [-0.3, -0.25) is 4.79 Å². The van der Waals surface area contributed by atoms with Crippen LogP contribution in [0.1, 0.15) is 23.6 Å². The van der Waals surface area contributed by atoms with Crippen molar-refractivity contribution in [2.24, 2.45) is 7.05 Å². The Balaban J connectivity index is 1.75. The number of hydrogen-bond acceptors (Lipinski definition) is 5. The molecular formula is C16H20N4O3. The van der Waals surface area contributed by atoms with Gasteiger partial charge in [0.2, 0.25) is 0 Å². The Bertz CT molecular complexity index is 658. The van der Waals surface area contributed by atoms with Gasteiger partial charge in [-0.05, 0) is 5.56 Å². The number of benzene rings is 1. The van der Waals surface area contributed by atoms with Gasteiger partial charge in [-0.1, -0.05) is 30.3 Å². The van der Waals surface area contributed by atoms with Crippen molar-refractivity contribution in [2.45, 2.75) is 12.2 Å². The fraction of sp³-hybridized carbons (Fsp3) is 0.438. The molecule has 122 valence electrons. The van der Waals surface area contributed by atoms with E-state index in [0.717, 1.165) is 11.4 Å². The number of amides is 1. The summed E-state index contributed by atoms with van der Waals surface area (Å²) in [6.45, 7) is 1.45. The van der Waals surface area contributed by atoms with Gasteiger partial charge < -0.3 is 18.9 Å². The van der Waals surface area contributed by atoms with Crippen molar-refractivity contribution in [3.8, 4) is 0 Å². The highest BCUT2D eigenvalue weighted by atomic mass is 16.5. The topological polar surface area (TPSA) is 69.5 Å². The summed E-state index contributed by atoms with van der Waals surface area (Å²) in [7, 11) is 3.41. The summed E-state index contributed by atoms with van der Waals surface area (Å²) < 4.78 is 13.0. The van der Waals surface area contributed by atoms with E-state index >= 15 is 0 Å². The number of ether oxygens (including phenoxy) is 2. The second-order valence-electron chi connectivity index (χ2n) is 5.47.